The molecule has 0 aliphatic heterocycles. The Bertz CT molecular complexity index is 664. The van der Waals surface area contributed by atoms with Crippen molar-refractivity contribution in [2.45, 2.75) is 40.0 Å². The minimum Gasteiger partial charge on any atom is -0.494 e. The number of hydrogen-bond donors (Lipinski definition) is 1. The number of rotatable bonds is 7. The monoisotopic (exact) mass is 311 g/mol. The van der Waals surface area contributed by atoms with Gasteiger partial charge in [0.25, 0.3) is 5.91 Å². The highest BCUT2D eigenvalue weighted by Crippen LogP contribution is 2.22. The molecule has 0 fully saturated rings. The highest BCUT2D eigenvalue weighted by atomic mass is 16.5. The lowest BCUT2D eigenvalue weighted by Crippen LogP contribution is -2.14. The molecule has 0 saturated heterocycles. The zero-order chi connectivity index (χ0) is 16.7. The number of aryl methyl sites for hydroxylation is 2. The van der Waals surface area contributed by atoms with E-state index in [1.165, 1.54) is 0 Å². The van der Waals surface area contributed by atoms with E-state index in [0.29, 0.717) is 12.2 Å². The lowest BCUT2D eigenvalue weighted by molar-refractivity contribution is 0.102. The number of carbonyl (C=O) groups is 1. The first-order chi connectivity index (χ1) is 11.2. The molecule has 0 saturated carbocycles. The van der Waals surface area contributed by atoms with Crippen molar-refractivity contribution < 1.29 is 9.53 Å². The Kier molecular flexibility index (Phi) is 6.21. The molecule has 0 heterocycles. The van der Waals surface area contributed by atoms with Crippen molar-refractivity contribution in [1.29, 1.82) is 0 Å². The second kappa shape index (κ2) is 8.37. The number of ether oxygens (including phenoxy) is 1. The summed E-state index contributed by atoms with van der Waals surface area (Å²) in [4.78, 5) is 12.5. The summed E-state index contributed by atoms with van der Waals surface area (Å²) in [6.07, 6.45) is 2.99. The van der Waals surface area contributed by atoms with Crippen molar-refractivity contribution in [3.05, 3.63) is 59.2 Å². The minimum absolute atomic E-state index is 0.102. The third-order valence-corrected chi connectivity index (χ3v) is 3.84. The SMILES string of the molecule is CCCCOc1cccc(C(=O)Nc2c(C)cccc2CC)c1. The molecule has 23 heavy (non-hydrogen) atoms. The van der Waals surface area contributed by atoms with Crippen LogP contribution in [0.15, 0.2) is 42.5 Å². The first-order valence-corrected chi connectivity index (χ1v) is 8.28. The van der Waals surface area contributed by atoms with Crippen molar-refractivity contribution in [2.75, 3.05) is 11.9 Å². The summed E-state index contributed by atoms with van der Waals surface area (Å²) in [6, 6.07) is 13.4. The Hall–Kier alpha value is -2.29. The first kappa shape index (κ1) is 17.1. The molecule has 0 unspecified atom stereocenters. The van der Waals surface area contributed by atoms with Gasteiger partial charge >= 0.3 is 0 Å². The highest BCUT2D eigenvalue weighted by Gasteiger charge is 2.11. The predicted molar refractivity (Wildman–Crippen MR) is 95.4 cm³/mol. The van der Waals surface area contributed by atoms with E-state index in [4.69, 9.17) is 4.74 Å². The topological polar surface area (TPSA) is 38.3 Å². The van der Waals surface area contributed by atoms with Crippen LogP contribution in [0.3, 0.4) is 0 Å². The maximum Gasteiger partial charge on any atom is 0.255 e. The third kappa shape index (κ3) is 4.59. The summed E-state index contributed by atoms with van der Waals surface area (Å²) in [5.74, 6) is 0.640. The molecule has 0 aliphatic rings. The zero-order valence-electron chi connectivity index (χ0n) is 14.2. The molecule has 0 aromatic heterocycles. The van der Waals surface area contributed by atoms with E-state index in [9.17, 15) is 4.79 Å². The van der Waals surface area contributed by atoms with Crippen LogP contribution in [0.25, 0.3) is 0 Å². The average Bonchev–Trinajstić information content (AvgIpc) is 2.57. The molecule has 3 heteroatoms. The molecular weight excluding hydrogens is 286 g/mol. The fourth-order valence-corrected chi connectivity index (χ4v) is 2.45. The first-order valence-electron chi connectivity index (χ1n) is 8.28. The maximum atomic E-state index is 12.5. The quantitative estimate of drug-likeness (QED) is 0.732. The van der Waals surface area contributed by atoms with Crippen molar-refractivity contribution in [1.82, 2.24) is 0 Å². The van der Waals surface area contributed by atoms with Gasteiger partial charge in [-0.2, -0.15) is 0 Å². The van der Waals surface area contributed by atoms with Crippen LogP contribution in [0.5, 0.6) is 5.75 Å². The molecule has 0 bridgehead atoms. The van der Waals surface area contributed by atoms with Crippen LogP contribution < -0.4 is 10.1 Å². The number of nitrogens with one attached hydrogen (secondary N) is 1. The van der Waals surface area contributed by atoms with E-state index in [2.05, 4.69) is 19.2 Å². The van der Waals surface area contributed by atoms with Gasteiger partial charge < -0.3 is 10.1 Å². The molecule has 0 radical (unpaired) electrons. The van der Waals surface area contributed by atoms with E-state index in [1.807, 2.05) is 43.3 Å². The van der Waals surface area contributed by atoms with Crippen molar-refractivity contribution in [3.63, 3.8) is 0 Å². The number of hydrogen-bond acceptors (Lipinski definition) is 2. The Morgan fingerprint density at radius 3 is 2.65 bits per heavy atom. The van der Waals surface area contributed by atoms with Crippen LogP contribution in [-0.4, -0.2) is 12.5 Å². The van der Waals surface area contributed by atoms with Crippen LogP contribution in [0.1, 0.15) is 48.2 Å². The van der Waals surface area contributed by atoms with Gasteiger partial charge in [0.2, 0.25) is 0 Å². The number of benzene rings is 2. The molecule has 1 N–H and O–H groups in total. The van der Waals surface area contributed by atoms with Gasteiger partial charge in [-0.25, -0.2) is 0 Å². The Morgan fingerprint density at radius 2 is 1.91 bits per heavy atom. The normalized spacial score (nSPS) is 10.4. The Morgan fingerprint density at radius 1 is 1.13 bits per heavy atom. The van der Waals surface area contributed by atoms with Gasteiger partial charge in [0.1, 0.15) is 5.75 Å². The van der Waals surface area contributed by atoms with Crippen LogP contribution >= 0.6 is 0 Å². The van der Waals surface area contributed by atoms with Crippen molar-refractivity contribution >= 4 is 11.6 Å². The van der Waals surface area contributed by atoms with Crippen LogP contribution in [-0.2, 0) is 6.42 Å². The summed E-state index contributed by atoms with van der Waals surface area (Å²) < 4.78 is 5.68. The average molecular weight is 311 g/mol. The fourth-order valence-electron chi connectivity index (χ4n) is 2.45. The molecule has 2 aromatic rings. The third-order valence-electron chi connectivity index (χ3n) is 3.84. The Labute approximate surface area is 138 Å². The Balaban J connectivity index is 2.14. The van der Waals surface area contributed by atoms with Crippen LogP contribution in [0.4, 0.5) is 5.69 Å². The largest absolute Gasteiger partial charge is 0.494 e. The van der Waals surface area contributed by atoms with Gasteiger partial charge in [-0.1, -0.05) is 44.5 Å². The molecule has 0 spiro atoms. The summed E-state index contributed by atoms with van der Waals surface area (Å²) in [5.41, 5.74) is 3.75. The van der Waals surface area contributed by atoms with Gasteiger partial charge in [-0.15, -0.1) is 0 Å². The molecule has 2 rings (SSSR count). The lowest BCUT2D eigenvalue weighted by Gasteiger charge is -2.13. The number of para-hydroxylation sites is 1. The number of carbonyl (C=O) groups excluding carboxylic acids is 1. The van der Waals surface area contributed by atoms with Gasteiger partial charge in [0, 0.05) is 11.3 Å². The summed E-state index contributed by atoms with van der Waals surface area (Å²) in [5, 5.41) is 3.05. The minimum atomic E-state index is -0.102. The van der Waals surface area contributed by atoms with Gasteiger partial charge in [0.15, 0.2) is 0 Å². The maximum absolute atomic E-state index is 12.5. The molecule has 122 valence electrons. The van der Waals surface area contributed by atoms with Crippen LogP contribution in [0.2, 0.25) is 0 Å². The van der Waals surface area contributed by atoms with Gasteiger partial charge in [-0.05, 0) is 49.1 Å². The molecule has 0 atom stereocenters. The second-order valence-electron chi connectivity index (χ2n) is 5.65. The molecule has 0 aliphatic carbocycles. The van der Waals surface area contributed by atoms with Gasteiger partial charge in [-0.3, -0.25) is 4.79 Å². The van der Waals surface area contributed by atoms with Gasteiger partial charge in [0.05, 0.1) is 6.61 Å². The van der Waals surface area contributed by atoms with E-state index >= 15 is 0 Å². The second-order valence-corrected chi connectivity index (χ2v) is 5.65. The van der Waals surface area contributed by atoms with E-state index in [-0.39, 0.29) is 5.91 Å². The van der Waals surface area contributed by atoms with E-state index < -0.39 is 0 Å². The summed E-state index contributed by atoms with van der Waals surface area (Å²) in [7, 11) is 0. The highest BCUT2D eigenvalue weighted by molar-refractivity contribution is 6.05. The van der Waals surface area contributed by atoms with E-state index in [1.54, 1.807) is 6.07 Å². The summed E-state index contributed by atoms with van der Waals surface area (Å²) >= 11 is 0. The van der Waals surface area contributed by atoms with Crippen LogP contribution in [0, 0.1) is 6.92 Å². The fraction of sp³-hybridized carbons (Fsp3) is 0.350. The zero-order valence-corrected chi connectivity index (χ0v) is 14.2. The smallest absolute Gasteiger partial charge is 0.255 e. The van der Waals surface area contributed by atoms with Crippen molar-refractivity contribution in [2.24, 2.45) is 0 Å². The van der Waals surface area contributed by atoms with Crippen molar-refractivity contribution in [3.8, 4) is 5.75 Å². The molecular formula is C20H25NO2. The summed E-state index contributed by atoms with van der Waals surface area (Å²) in [6.45, 7) is 6.91. The lowest BCUT2D eigenvalue weighted by atomic mass is 10.1. The van der Waals surface area contributed by atoms with E-state index in [0.717, 1.165) is 41.8 Å². The number of anilines is 1. The number of amides is 1. The molecule has 1 amide bonds. The molecule has 3 nitrogen and oxygen atoms in total. The predicted octanol–water partition coefficient (Wildman–Crippen LogP) is 4.99. The molecule has 2 aromatic carbocycles. The standard InChI is InChI=1S/C20H25NO2/c1-4-6-13-23-18-12-8-11-17(14-18)20(22)21-19-15(3)9-7-10-16(19)5-2/h7-12,14H,4-6,13H2,1-3H3,(H,21,22). The number of unbranched alkanes of at least 4 members (excludes halogenated alkanes) is 1.